The minimum atomic E-state index is -0.545. The van der Waals surface area contributed by atoms with Crippen LogP contribution < -0.4 is 10.1 Å². The van der Waals surface area contributed by atoms with Crippen molar-refractivity contribution in [2.45, 2.75) is 27.3 Å². The van der Waals surface area contributed by atoms with Gasteiger partial charge in [0.2, 0.25) is 0 Å². The molecule has 0 unspecified atom stereocenters. The van der Waals surface area contributed by atoms with Crippen LogP contribution in [0.3, 0.4) is 0 Å². The summed E-state index contributed by atoms with van der Waals surface area (Å²) in [6.07, 6.45) is 0. The van der Waals surface area contributed by atoms with Gasteiger partial charge in [-0.15, -0.1) is 0 Å². The predicted octanol–water partition coefficient (Wildman–Crippen LogP) is 6.16. The zero-order chi connectivity index (χ0) is 24.4. The number of nitro benzene ring substituents is 1. The fraction of sp³-hybridized carbons (Fsp3) is 0.167. The van der Waals surface area contributed by atoms with E-state index in [2.05, 4.69) is 26.3 Å². The number of amides is 1. The number of benzene rings is 2. The fourth-order valence-electron chi connectivity index (χ4n) is 3.39. The second-order valence-electron chi connectivity index (χ2n) is 7.75. The molecule has 0 aliphatic heterocycles. The number of furan rings is 1. The maximum absolute atomic E-state index is 12.8. The van der Waals surface area contributed by atoms with Crippen LogP contribution in [0.15, 0.2) is 63.5 Å². The second-order valence-corrected chi connectivity index (χ2v) is 8.55. The topological polar surface area (TPSA) is 112 Å². The summed E-state index contributed by atoms with van der Waals surface area (Å²) in [4.78, 5) is 23.6. The van der Waals surface area contributed by atoms with E-state index in [0.29, 0.717) is 18.1 Å². The maximum atomic E-state index is 12.8. The van der Waals surface area contributed by atoms with E-state index in [1.807, 2.05) is 39.0 Å². The Hall–Kier alpha value is -3.92. The molecule has 9 nitrogen and oxygen atoms in total. The number of carbonyl (C=O) groups excluding carboxylic acids is 1. The van der Waals surface area contributed by atoms with Crippen molar-refractivity contribution in [3.8, 4) is 11.5 Å². The summed E-state index contributed by atoms with van der Waals surface area (Å²) in [5.41, 5.74) is 2.78. The van der Waals surface area contributed by atoms with Crippen molar-refractivity contribution in [3.05, 3.63) is 97.7 Å². The molecular formula is C24H21BrN4O5. The standard InChI is InChI=1S/C24H21BrN4O5/c1-14-5-4-6-19(9-14)33-21-11-17(10-18(12-21)29(31)32)26-24(30)22-8-7-20(34-22)13-28-16(3)23(25)15(2)27-28/h4-12H,13H2,1-3H3,(H,26,30). The van der Waals surface area contributed by atoms with E-state index >= 15 is 0 Å². The molecule has 0 saturated heterocycles. The lowest BCUT2D eigenvalue weighted by Gasteiger charge is -2.09. The number of anilines is 1. The lowest BCUT2D eigenvalue weighted by Crippen LogP contribution is -2.11. The minimum Gasteiger partial charge on any atom is -0.457 e. The van der Waals surface area contributed by atoms with E-state index in [0.717, 1.165) is 21.4 Å². The molecule has 0 spiro atoms. The predicted molar refractivity (Wildman–Crippen MR) is 130 cm³/mol. The first-order valence-electron chi connectivity index (χ1n) is 10.3. The van der Waals surface area contributed by atoms with Crippen LogP contribution in [0.1, 0.15) is 33.3 Å². The smallest absolute Gasteiger partial charge is 0.291 e. The summed E-state index contributed by atoms with van der Waals surface area (Å²) in [5, 5.41) is 18.5. The third kappa shape index (κ3) is 5.18. The molecule has 0 bridgehead atoms. The Balaban J connectivity index is 1.52. The number of nitro groups is 1. The number of aryl methyl sites for hydroxylation is 2. The molecular weight excluding hydrogens is 504 g/mol. The van der Waals surface area contributed by atoms with Gasteiger partial charge in [0.05, 0.1) is 39.1 Å². The zero-order valence-electron chi connectivity index (χ0n) is 18.7. The van der Waals surface area contributed by atoms with Crippen molar-refractivity contribution in [2.75, 3.05) is 5.32 Å². The summed E-state index contributed by atoms with van der Waals surface area (Å²) in [6.45, 7) is 6.10. The molecule has 34 heavy (non-hydrogen) atoms. The van der Waals surface area contributed by atoms with Crippen molar-refractivity contribution in [1.82, 2.24) is 9.78 Å². The number of aromatic nitrogens is 2. The van der Waals surface area contributed by atoms with E-state index in [1.165, 1.54) is 18.2 Å². The van der Waals surface area contributed by atoms with E-state index in [9.17, 15) is 14.9 Å². The van der Waals surface area contributed by atoms with Crippen molar-refractivity contribution in [1.29, 1.82) is 0 Å². The molecule has 2 aromatic carbocycles. The largest absolute Gasteiger partial charge is 0.457 e. The van der Waals surface area contributed by atoms with Gasteiger partial charge in [-0.1, -0.05) is 12.1 Å². The molecule has 0 aliphatic carbocycles. The van der Waals surface area contributed by atoms with Gasteiger partial charge in [0.1, 0.15) is 17.3 Å². The number of ether oxygens (including phenoxy) is 1. The van der Waals surface area contributed by atoms with Gasteiger partial charge in [-0.25, -0.2) is 0 Å². The maximum Gasteiger partial charge on any atom is 0.291 e. The Morgan fingerprint density at radius 2 is 1.94 bits per heavy atom. The quantitative estimate of drug-likeness (QED) is 0.228. The van der Waals surface area contributed by atoms with Gasteiger partial charge in [0.25, 0.3) is 11.6 Å². The second kappa shape index (κ2) is 9.52. The molecule has 0 atom stereocenters. The van der Waals surface area contributed by atoms with Gasteiger partial charge in [0.15, 0.2) is 5.76 Å². The van der Waals surface area contributed by atoms with Crippen LogP contribution in [0.5, 0.6) is 11.5 Å². The first kappa shape index (κ1) is 23.2. The van der Waals surface area contributed by atoms with E-state index in [-0.39, 0.29) is 22.9 Å². The van der Waals surface area contributed by atoms with Gasteiger partial charge in [-0.3, -0.25) is 19.6 Å². The van der Waals surface area contributed by atoms with Crippen molar-refractivity contribution in [3.63, 3.8) is 0 Å². The molecule has 1 amide bonds. The molecule has 1 N–H and O–H groups in total. The number of nitrogens with zero attached hydrogens (tertiary/aromatic N) is 3. The third-order valence-corrected chi connectivity index (χ3v) is 6.22. The molecule has 4 rings (SSSR count). The van der Waals surface area contributed by atoms with Gasteiger partial charge < -0.3 is 14.5 Å². The van der Waals surface area contributed by atoms with Gasteiger partial charge in [0, 0.05) is 12.1 Å². The molecule has 10 heteroatoms. The Kier molecular flexibility index (Phi) is 6.51. The third-order valence-electron chi connectivity index (χ3n) is 5.07. The van der Waals surface area contributed by atoms with Crippen LogP contribution >= 0.6 is 15.9 Å². The Morgan fingerprint density at radius 1 is 1.15 bits per heavy atom. The van der Waals surface area contributed by atoms with Crippen LogP contribution in [-0.2, 0) is 6.54 Å². The molecule has 0 radical (unpaired) electrons. The lowest BCUT2D eigenvalue weighted by atomic mass is 10.2. The Labute approximate surface area is 203 Å². The van der Waals surface area contributed by atoms with Crippen LogP contribution in [0, 0.1) is 30.9 Å². The van der Waals surface area contributed by atoms with Gasteiger partial charge in [-0.05, 0) is 66.5 Å². The van der Waals surface area contributed by atoms with Crippen molar-refractivity contribution < 1.29 is 18.9 Å². The minimum absolute atomic E-state index is 0.0725. The number of rotatable bonds is 7. The average Bonchev–Trinajstić information content (AvgIpc) is 3.34. The van der Waals surface area contributed by atoms with E-state index < -0.39 is 10.8 Å². The SMILES string of the molecule is Cc1cccc(Oc2cc(NC(=O)c3ccc(Cn4nc(C)c(Br)c4C)o3)cc([N+](=O)[O-])c2)c1. The average molecular weight is 525 g/mol. The lowest BCUT2D eigenvalue weighted by molar-refractivity contribution is -0.384. The molecule has 0 fully saturated rings. The Morgan fingerprint density at radius 3 is 2.62 bits per heavy atom. The first-order chi connectivity index (χ1) is 16.2. The number of hydrogen-bond donors (Lipinski definition) is 1. The number of non-ortho nitro benzene ring substituents is 1. The number of carbonyl (C=O) groups is 1. The van der Waals surface area contributed by atoms with Crippen molar-refractivity contribution >= 4 is 33.2 Å². The summed E-state index contributed by atoms with van der Waals surface area (Å²) in [6, 6.07) is 14.6. The molecule has 174 valence electrons. The monoisotopic (exact) mass is 524 g/mol. The van der Waals surface area contributed by atoms with Crippen LogP contribution in [0.4, 0.5) is 11.4 Å². The fourth-order valence-corrected chi connectivity index (χ4v) is 3.67. The first-order valence-corrected chi connectivity index (χ1v) is 11.1. The van der Waals surface area contributed by atoms with E-state index in [4.69, 9.17) is 9.15 Å². The number of nitrogens with one attached hydrogen (secondary N) is 1. The van der Waals surface area contributed by atoms with Gasteiger partial charge in [-0.2, -0.15) is 5.10 Å². The molecule has 4 aromatic rings. The van der Waals surface area contributed by atoms with Crippen LogP contribution in [-0.4, -0.2) is 20.6 Å². The molecule has 0 saturated carbocycles. The molecule has 2 aromatic heterocycles. The number of halogens is 1. The molecule has 2 heterocycles. The highest BCUT2D eigenvalue weighted by atomic mass is 79.9. The highest BCUT2D eigenvalue weighted by Crippen LogP contribution is 2.30. The number of hydrogen-bond acceptors (Lipinski definition) is 6. The highest BCUT2D eigenvalue weighted by Gasteiger charge is 2.17. The van der Waals surface area contributed by atoms with Crippen LogP contribution in [0.25, 0.3) is 0 Å². The molecule has 0 aliphatic rings. The highest BCUT2D eigenvalue weighted by molar-refractivity contribution is 9.10. The Bertz CT molecular complexity index is 1390. The van der Waals surface area contributed by atoms with Crippen LogP contribution in [0.2, 0.25) is 0 Å². The van der Waals surface area contributed by atoms with E-state index in [1.54, 1.807) is 22.9 Å². The summed E-state index contributed by atoms with van der Waals surface area (Å²) in [5.74, 6) is 0.839. The summed E-state index contributed by atoms with van der Waals surface area (Å²) in [7, 11) is 0. The summed E-state index contributed by atoms with van der Waals surface area (Å²) < 4.78 is 14.2. The van der Waals surface area contributed by atoms with Crippen molar-refractivity contribution in [2.24, 2.45) is 0 Å². The van der Waals surface area contributed by atoms with Gasteiger partial charge >= 0.3 is 0 Å². The zero-order valence-corrected chi connectivity index (χ0v) is 20.3. The normalized spacial score (nSPS) is 10.8. The summed E-state index contributed by atoms with van der Waals surface area (Å²) >= 11 is 3.49.